The lowest BCUT2D eigenvalue weighted by atomic mass is 10.1. The van der Waals surface area contributed by atoms with E-state index in [2.05, 4.69) is 18.3 Å². The van der Waals surface area contributed by atoms with Gasteiger partial charge in [0.15, 0.2) is 0 Å². The van der Waals surface area contributed by atoms with E-state index in [1.54, 1.807) is 0 Å². The van der Waals surface area contributed by atoms with Crippen molar-refractivity contribution in [1.82, 2.24) is 0 Å². The zero-order valence-corrected chi connectivity index (χ0v) is 11.3. The number of nitrogens with one attached hydrogen (secondary N) is 1. The molecule has 0 unspecified atom stereocenters. The van der Waals surface area contributed by atoms with Gasteiger partial charge in [0.2, 0.25) is 0 Å². The van der Waals surface area contributed by atoms with Crippen molar-refractivity contribution < 1.29 is 4.74 Å². The van der Waals surface area contributed by atoms with E-state index in [9.17, 15) is 0 Å². The quantitative estimate of drug-likeness (QED) is 0.714. The van der Waals surface area contributed by atoms with Gasteiger partial charge < -0.3 is 10.1 Å². The van der Waals surface area contributed by atoms with E-state index < -0.39 is 0 Å². The lowest BCUT2D eigenvalue weighted by Crippen LogP contribution is -2.08. The zero-order valence-electron chi connectivity index (χ0n) is 11.3. The smallest absolute Gasteiger partial charge is 0.101 e. The van der Waals surface area contributed by atoms with Crippen molar-refractivity contribution in [2.45, 2.75) is 33.1 Å². The van der Waals surface area contributed by atoms with Gasteiger partial charge in [0, 0.05) is 19.8 Å². The van der Waals surface area contributed by atoms with Crippen LogP contribution in [0.1, 0.15) is 37.3 Å². The van der Waals surface area contributed by atoms with Crippen LogP contribution in [-0.4, -0.2) is 19.8 Å². The van der Waals surface area contributed by atoms with Gasteiger partial charge in [0.25, 0.3) is 0 Å². The zero-order chi connectivity index (χ0) is 13.2. The van der Waals surface area contributed by atoms with E-state index in [4.69, 9.17) is 10.00 Å². The summed E-state index contributed by atoms with van der Waals surface area (Å²) in [6, 6.07) is 7.98. The molecule has 0 radical (unpaired) electrons. The Labute approximate surface area is 110 Å². The summed E-state index contributed by atoms with van der Waals surface area (Å²) in [6.07, 6.45) is 3.26. The van der Waals surface area contributed by atoms with Crippen LogP contribution in [0.2, 0.25) is 0 Å². The molecule has 0 spiro atoms. The second-order valence-electron chi connectivity index (χ2n) is 4.36. The largest absolute Gasteiger partial charge is 0.384 e. The van der Waals surface area contributed by atoms with Crippen LogP contribution < -0.4 is 5.32 Å². The van der Waals surface area contributed by atoms with Crippen LogP contribution in [0.3, 0.4) is 0 Å². The molecule has 1 aromatic rings. The standard InChI is InChI=1S/C15H22N2O/c1-3-4-10-18-11-6-9-17-15-13(2)7-5-8-14(15)12-16/h5,7-8,17H,3-4,6,9-11H2,1-2H3. The summed E-state index contributed by atoms with van der Waals surface area (Å²) in [5.41, 5.74) is 2.77. The second-order valence-corrected chi connectivity index (χ2v) is 4.36. The van der Waals surface area contributed by atoms with E-state index in [1.165, 1.54) is 6.42 Å². The topological polar surface area (TPSA) is 45.0 Å². The number of aryl methyl sites for hydroxylation is 1. The number of rotatable bonds is 8. The maximum absolute atomic E-state index is 9.03. The third kappa shape index (κ3) is 4.77. The fourth-order valence-electron chi connectivity index (χ4n) is 1.73. The molecule has 0 aliphatic rings. The molecule has 3 nitrogen and oxygen atoms in total. The van der Waals surface area contributed by atoms with Crippen LogP contribution in [0.5, 0.6) is 0 Å². The first-order valence-electron chi connectivity index (χ1n) is 6.61. The molecule has 18 heavy (non-hydrogen) atoms. The number of hydrogen-bond acceptors (Lipinski definition) is 3. The summed E-state index contributed by atoms with van der Waals surface area (Å²) in [7, 11) is 0. The van der Waals surface area contributed by atoms with Gasteiger partial charge in [0.05, 0.1) is 11.3 Å². The van der Waals surface area contributed by atoms with Crippen molar-refractivity contribution in [3.8, 4) is 6.07 Å². The Kier molecular flexibility index (Phi) is 6.90. The highest BCUT2D eigenvalue weighted by molar-refractivity contribution is 5.62. The van der Waals surface area contributed by atoms with Crippen molar-refractivity contribution in [3.63, 3.8) is 0 Å². The highest BCUT2D eigenvalue weighted by Crippen LogP contribution is 2.19. The van der Waals surface area contributed by atoms with Crippen molar-refractivity contribution in [2.75, 3.05) is 25.1 Å². The molecule has 0 aliphatic carbocycles. The van der Waals surface area contributed by atoms with Gasteiger partial charge in [-0.15, -0.1) is 0 Å². The average Bonchev–Trinajstić information content (AvgIpc) is 2.39. The average molecular weight is 246 g/mol. The summed E-state index contributed by atoms with van der Waals surface area (Å²) in [6.45, 7) is 6.64. The van der Waals surface area contributed by atoms with Gasteiger partial charge in [-0.25, -0.2) is 0 Å². The minimum Gasteiger partial charge on any atom is -0.384 e. The van der Waals surface area contributed by atoms with Gasteiger partial charge in [-0.3, -0.25) is 0 Å². The highest BCUT2D eigenvalue weighted by Gasteiger charge is 2.03. The Bertz CT molecular complexity index is 396. The summed E-state index contributed by atoms with van der Waals surface area (Å²) < 4.78 is 5.49. The molecule has 3 heteroatoms. The molecule has 0 fully saturated rings. The van der Waals surface area contributed by atoms with Gasteiger partial charge in [-0.05, 0) is 31.4 Å². The molecule has 0 aromatic heterocycles. The van der Waals surface area contributed by atoms with Gasteiger partial charge in [-0.1, -0.05) is 25.5 Å². The first-order chi connectivity index (χ1) is 8.79. The highest BCUT2D eigenvalue weighted by atomic mass is 16.5. The summed E-state index contributed by atoms with van der Waals surface area (Å²) in [5.74, 6) is 0. The summed E-state index contributed by atoms with van der Waals surface area (Å²) in [4.78, 5) is 0. The van der Waals surface area contributed by atoms with E-state index in [0.717, 1.165) is 43.9 Å². The van der Waals surface area contributed by atoms with Crippen molar-refractivity contribution in [1.29, 1.82) is 5.26 Å². The Balaban J connectivity index is 2.29. The SMILES string of the molecule is CCCCOCCCNc1c(C)cccc1C#N. The summed E-state index contributed by atoms with van der Waals surface area (Å²) in [5, 5.41) is 12.3. The predicted molar refractivity (Wildman–Crippen MR) is 74.7 cm³/mol. The van der Waals surface area contributed by atoms with E-state index >= 15 is 0 Å². The van der Waals surface area contributed by atoms with Crippen LogP contribution in [0, 0.1) is 18.3 Å². The number of ether oxygens (including phenoxy) is 1. The first kappa shape index (κ1) is 14.5. The number of nitrogens with zero attached hydrogens (tertiary/aromatic N) is 1. The number of benzene rings is 1. The lowest BCUT2D eigenvalue weighted by molar-refractivity contribution is 0.131. The Morgan fingerprint density at radius 3 is 2.78 bits per heavy atom. The van der Waals surface area contributed by atoms with E-state index in [0.29, 0.717) is 5.56 Å². The van der Waals surface area contributed by atoms with Crippen molar-refractivity contribution in [3.05, 3.63) is 29.3 Å². The van der Waals surface area contributed by atoms with Crippen LogP contribution in [0.4, 0.5) is 5.69 Å². The molecule has 0 amide bonds. The fourth-order valence-corrected chi connectivity index (χ4v) is 1.73. The fraction of sp³-hybridized carbons (Fsp3) is 0.533. The van der Waals surface area contributed by atoms with Crippen molar-refractivity contribution >= 4 is 5.69 Å². The Morgan fingerprint density at radius 1 is 1.28 bits per heavy atom. The predicted octanol–water partition coefficient (Wildman–Crippen LogP) is 3.49. The number of para-hydroxylation sites is 1. The third-order valence-electron chi connectivity index (χ3n) is 2.80. The molecule has 0 aliphatic heterocycles. The third-order valence-corrected chi connectivity index (χ3v) is 2.80. The number of anilines is 1. The monoisotopic (exact) mass is 246 g/mol. The molecular weight excluding hydrogens is 224 g/mol. The number of unbranched alkanes of at least 4 members (excludes halogenated alkanes) is 1. The van der Waals surface area contributed by atoms with Crippen molar-refractivity contribution in [2.24, 2.45) is 0 Å². The molecular formula is C15H22N2O. The maximum Gasteiger partial charge on any atom is 0.101 e. The molecule has 0 saturated heterocycles. The van der Waals surface area contributed by atoms with Crippen LogP contribution >= 0.6 is 0 Å². The van der Waals surface area contributed by atoms with Crippen LogP contribution in [-0.2, 0) is 4.74 Å². The molecule has 0 saturated carbocycles. The van der Waals surface area contributed by atoms with Crippen LogP contribution in [0.25, 0.3) is 0 Å². The Morgan fingerprint density at radius 2 is 2.06 bits per heavy atom. The molecule has 0 atom stereocenters. The van der Waals surface area contributed by atoms with E-state index in [-0.39, 0.29) is 0 Å². The normalized spacial score (nSPS) is 10.1. The maximum atomic E-state index is 9.03. The molecule has 98 valence electrons. The molecule has 0 heterocycles. The summed E-state index contributed by atoms with van der Waals surface area (Å²) >= 11 is 0. The van der Waals surface area contributed by atoms with E-state index in [1.807, 2.05) is 25.1 Å². The lowest BCUT2D eigenvalue weighted by Gasteiger charge is -2.11. The molecule has 0 bridgehead atoms. The van der Waals surface area contributed by atoms with Gasteiger partial charge >= 0.3 is 0 Å². The minimum absolute atomic E-state index is 0.710. The molecule has 1 N–H and O–H groups in total. The Hall–Kier alpha value is -1.53. The molecule has 1 aromatic carbocycles. The minimum atomic E-state index is 0.710. The van der Waals surface area contributed by atoms with Gasteiger partial charge in [-0.2, -0.15) is 5.26 Å². The van der Waals surface area contributed by atoms with Crippen LogP contribution in [0.15, 0.2) is 18.2 Å². The second kappa shape index (κ2) is 8.54. The van der Waals surface area contributed by atoms with Gasteiger partial charge in [0.1, 0.15) is 6.07 Å². The molecule has 1 rings (SSSR count). The first-order valence-corrected chi connectivity index (χ1v) is 6.61. The number of nitriles is 1. The number of hydrogen-bond donors (Lipinski definition) is 1.